The second-order valence-electron chi connectivity index (χ2n) is 4.54. The van der Waals surface area contributed by atoms with E-state index in [1.54, 1.807) is 7.11 Å². The number of benzene rings is 1. The normalized spacial score (nSPS) is 12.2. The lowest BCUT2D eigenvalue weighted by Crippen LogP contribution is -2.23. The Kier molecular flexibility index (Phi) is 6.20. The molecule has 0 aliphatic heterocycles. The molecule has 0 amide bonds. The third kappa shape index (κ3) is 4.52. The third-order valence-electron chi connectivity index (χ3n) is 3.12. The zero-order chi connectivity index (χ0) is 15.2. The molecule has 0 fully saturated rings. The van der Waals surface area contributed by atoms with Crippen molar-refractivity contribution in [1.82, 2.24) is 15.3 Å². The van der Waals surface area contributed by atoms with Crippen LogP contribution in [0.3, 0.4) is 0 Å². The summed E-state index contributed by atoms with van der Waals surface area (Å²) < 4.78 is 6.20. The Morgan fingerprint density at radius 3 is 2.81 bits per heavy atom. The minimum absolute atomic E-state index is 0.157. The molecule has 0 saturated carbocycles. The molecule has 1 N–H and O–H groups in total. The van der Waals surface area contributed by atoms with Gasteiger partial charge in [0.05, 0.1) is 12.1 Å². The molecule has 2 rings (SSSR count). The second kappa shape index (κ2) is 7.91. The van der Waals surface area contributed by atoms with E-state index in [-0.39, 0.29) is 6.04 Å². The highest BCUT2D eigenvalue weighted by Gasteiger charge is 2.14. The van der Waals surface area contributed by atoms with E-state index in [0.29, 0.717) is 5.88 Å². The van der Waals surface area contributed by atoms with Gasteiger partial charge >= 0.3 is 0 Å². The first-order valence-electron chi connectivity index (χ1n) is 6.67. The molecule has 1 aromatic carbocycles. The quantitative estimate of drug-likeness (QED) is 0.729. The molecule has 0 spiro atoms. The van der Waals surface area contributed by atoms with Crippen LogP contribution in [0.25, 0.3) is 0 Å². The third-order valence-corrected chi connectivity index (χ3v) is 4.69. The van der Waals surface area contributed by atoms with Crippen molar-refractivity contribution >= 4 is 34.2 Å². The molecule has 1 aromatic heterocycles. The highest BCUT2D eigenvalue weighted by atomic mass is 127. The first kappa shape index (κ1) is 16.5. The number of likely N-dealkylation sites (N-methyl/N-ethyl adjacent to an activating group) is 1. The maximum Gasteiger partial charge on any atom is 0.216 e. The molecule has 1 unspecified atom stereocenters. The van der Waals surface area contributed by atoms with Crippen LogP contribution in [0.4, 0.5) is 0 Å². The van der Waals surface area contributed by atoms with Crippen LogP contribution in [0, 0.1) is 3.57 Å². The van der Waals surface area contributed by atoms with Gasteiger partial charge in [-0.05, 0) is 46.8 Å². The summed E-state index contributed by atoms with van der Waals surface area (Å²) in [7, 11) is 1.60. The van der Waals surface area contributed by atoms with Gasteiger partial charge in [0.2, 0.25) is 5.88 Å². The Morgan fingerprint density at radius 1 is 1.33 bits per heavy atom. The Bertz CT molecular complexity index is 609. The van der Waals surface area contributed by atoms with Gasteiger partial charge in [-0.3, -0.25) is 0 Å². The van der Waals surface area contributed by atoms with Gasteiger partial charge in [0.25, 0.3) is 0 Å². The highest BCUT2D eigenvalue weighted by molar-refractivity contribution is 14.1. The van der Waals surface area contributed by atoms with Gasteiger partial charge in [0.15, 0.2) is 0 Å². The fraction of sp³-hybridized carbons (Fsp3) is 0.333. The van der Waals surface area contributed by atoms with E-state index in [9.17, 15) is 0 Å². The first-order valence-corrected chi connectivity index (χ1v) is 8.13. The summed E-state index contributed by atoms with van der Waals surface area (Å²) in [5, 5.41) is 4.24. The predicted octanol–water partition coefficient (Wildman–Crippen LogP) is 3.64. The number of nitrogens with zero attached hydrogens (tertiary/aromatic N) is 2. The fourth-order valence-electron chi connectivity index (χ4n) is 2.09. The SMILES string of the molecule is CCNC(Cc1cc(OC)ncn1)c1ccc(I)c(Cl)c1. The van der Waals surface area contributed by atoms with E-state index in [1.807, 2.05) is 18.2 Å². The number of hydrogen-bond donors (Lipinski definition) is 1. The highest BCUT2D eigenvalue weighted by Crippen LogP contribution is 2.25. The Labute approximate surface area is 143 Å². The number of rotatable bonds is 6. The molecule has 6 heteroatoms. The number of ether oxygens (including phenoxy) is 1. The monoisotopic (exact) mass is 417 g/mol. The van der Waals surface area contributed by atoms with Crippen LogP contribution in [0.5, 0.6) is 5.88 Å². The summed E-state index contributed by atoms with van der Waals surface area (Å²) in [6.07, 6.45) is 2.28. The van der Waals surface area contributed by atoms with Crippen LogP contribution in [0.15, 0.2) is 30.6 Å². The summed E-state index contributed by atoms with van der Waals surface area (Å²) >= 11 is 8.46. The number of methoxy groups -OCH3 is 1. The van der Waals surface area contributed by atoms with Gasteiger partial charge in [-0.15, -0.1) is 0 Å². The molecule has 21 heavy (non-hydrogen) atoms. The maximum absolute atomic E-state index is 6.23. The lowest BCUT2D eigenvalue weighted by Gasteiger charge is -2.18. The molecule has 112 valence electrons. The van der Waals surface area contributed by atoms with Crippen LogP contribution >= 0.6 is 34.2 Å². The predicted molar refractivity (Wildman–Crippen MR) is 92.9 cm³/mol. The van der Waals surface area contributed by atoms with Crippen molar-refractivity contribution in [3.05, 3.63) is 50.4 Å². The maximum atomic E-state index is 6.23. The van der Waals surface area contributed by atoms with Crippen molar-refractivity contribution in [2.75, 3.05) is 13.7 Å². The van der Waals surface area contributed by atoms with E-state index < -0.39 is 0 Å². The zero-order valence-electron chi connectivity index (χ0n) is 11.9. The zero-order valence-corrected chi connectivity index (χ0v) is 14.9. The summed E-state index contributed by atoms with van der Waals surface area (Å²) in [6, 6.07) is 8.15. The van der Waals surface area contributed by atoms with E-state index in [2.05, 4.69) is 50.9 Å². The molecule has 0 radical (unpaired) electrons. The minimum Gasteiger partial charge on any atom is -0.481 e. The molecule has 4 nitrogen and oxygen atoms in total. The number of halogens is 2. The molecule has 0 saturated heterocycles. The summed E-state index contributed by atoms with van der Waals surface area (Å²) in [5.74, 6) is 0.580. The van der Waals surface area contributed by atoms with E-state index >= 15 is 0 Å². The van der Waals surface area contributed by atoms with Crippen molar-refractivity contribution in [2.24, 2.45) is 0 Å². The van der Waals surface area contributed by atoms with Crippen LogP contribution < -0.4 is 10.1 Å². The van der Waals surface area contributed by atoms with Crippen LogP contribution in [0.1, 0.15) is 24.2 Å². The molecule has 0 bridgehead atoms. The van der Waals surface area contributed by atoms with Crippen molar-refractivity contribution in [1.29, 1.82) is 0 Å². The first-order chi connectivity index (χ1) is 10.1. The Balaban J connectivity index is 2.23. The van der Waals surface area contributed by atoms with Gasteiger partial charge in [-0.1, -0.05) is 24.6 Å². The molecule has 1 atom stereocenters. The average Bonchev–Trinajstić information content (AvgIpc) is 2.50. The minimum atomic E-state index is 0.157. The largest absolute Gasteiger partial charge is 0.481 e. The molecule has 0 aliphatic carbocycles. The van der Waals surface area contributed by atoms with E-state index in [0.717, 1.165) is 32.8 Å². The topological polar surface area (TPSA) is 47.0 Å². The summed E-state index contributed by atoms with van der Waals surface area (Å²) in [5.41, 5.74) is 2.09. The smallest absolute Gasteiger partial charge is 0.216 e. The molecular formula is C15H17ClIN3O. The van der Waals surface area contributed by atoms with Gasteiger partial charge in [0.1, 0.15) is 6.33 Å². The van der Waals surface area contributed by atoms with E-state index in [1.165, 1.54) is 6.33 Å². The number of hydrogen-bond acceptors (Lipinski definition) is 4. The van der Waals surface area contributed by atoms with Crippen LogP contribution in [0.2, 0.25) is 5.02 Å². The lowest BCUT2D eigenvalue weighted by molar-refractivity contribution is 0.395. The molecule has 0 aliphatic rings. The Hall–Kier alpha value is -0.920. The van der Waals surface area contributed by atoms with E-state index in [4.69, 9.17) is 16.3 Å². The van der Waals surface area contributed by atoms with Crippen LogP contribution in [-0.4, -0.2) is 23.6 Å². The van der Waals surface area contributed by atoms with Crippen molar-refractivity contribution in [3.8, 4) is 5.88 Å². The van der Waals surface area contributed by atoms with Gasteiger partial charge in [-0.2, -0.15) is 0 Å². The van der Waals surface area contributed by atoms with Gasteiger partial charge in [-0.25, -0.2) is 9.97 Å². The summed E-state index contributed by atoms with van der Waals surface area (Å²) in [4.78, 5) is 8.34. The molecular weight excluding hydrogens is 401 g/mol. The van der Waals surface area contributed by atoms with Crippen LogP contribution in [-0.2, 0) is 6.42 Å². The fourth-order valence-corrected chi connectivity index (χ4v) is 2.62. The lowest BCUT2D eigenvalue weighted by atomic mass is 10.0. The number of nitrogens with one attached hydrogen (secondary N) is 1. The van der Waals surface area contributed by atoms with Gasteiger partial charge in [0, 0.05) is 27.8 Å². The van der Waals surface area contributed by atoms with Crippen molar-refractivity contribution in [3.63, 3.8) is 0 Å². The second-order valence-corrected chi connectivity index (χ2v) is 6.11. The Morgan fingerprint density at radius 2 is 2.14 bits per heavy atom. The summed E-state index contributed by atoms with van der Waals surface area (Å²) in [6.45, 7) is 2.96. The molecule has 1 heterocycles. The number of aromatic nitrogens is 2. The molecule has 2 aromatic rings. The van der Waals surface area contributed by atoms with Crippen molar-refractivity contribution in [2.45, 2.75) is 19.4 Å². The standard InChI is InChI=1S/C15H17ClIN3O/c1-3-18-14(10-4-5-13(17)12(16)6-10)7-11-8-15(21-2)20-9-19-11/h4-6,8-9,14,18H,3,7H2,1-2H3. The van der Waals surface area contributed by atoms with Crippen molar-refractivity contribution < 1.29 is 4.74 Å². The average molecular weight is 418 g/mol. The van der Waals surface area contributed by atoms with Gasteiger partial charge < -0.3 is 10.1 Å².